The van der Waals surface area contributed by atoms with Gasteiger partial charge in [-0.05, 0) is 73.9 Å². The van der Waals surface area contributed by atoms with Crippen molar-refractivity contribution in [1.82, 2.24) is 5.32 Å². The van der Waals surface area contributed by atoms with Crippen molar-refractivity contribution < 1.29 is 0 Å². The van der Waals surface area contributed by atoms with E-state index in [0.29, 0.717) is 5.11 Å². The van der Waals surface area contributed by atoms with E-state index in [1.807, 2.05) is 24.3 Å². The number of rotatable bonds is 3. The maximum atomic E-state index is 5.37. The Hall–Kier alpha value is -1.39. The average molecular weight is 363 g/mol. The molecule has 4 heteroatoms. The molecule has 0 spiro atoms. The highest BCUT2D eigenvalue weighted by Gasteiger charge is 2.08. The fourth-order valence-corrected chi connectivity index (χ4v) is 2.57. The zero-order valence-electron chi connectivity index (χ0n) is 12.4. The van der Waals surface area contributed by atoms with Crippen LogP contribution in [0.25, 0.3) is 0 Å². The number of halogens is 1. The molecule has 2 rings (SSSR count). The second-order valence-corrected chi connectivity index (χ2v) is 6.49. The molecule has 2 aromatic rings. The molecule has 0 aliphatic carbocycles. The highest BCUT2D eigenvalue weighted by Crippen LogP contribution is 2.18. The largest absolute Gasteiger partial charge is 0.356 e. The Labute approximate surface area is 140 Å². The predicted molar refractivity (Wildman–Crippen MR) is 97.8 cm³/mol. The lowest BCUT2D eigenvalue weighted by atomic mass is 10.0. The van der Waals surface area contributed by atoms with E-state index >= 15 is 0 Å². The Bertz CT molecular complexity index is 638. The second kappa shape index (κ2) is 7.05. The number of hydrogen-bond acceptors (Lipinski definition) is 1. The monoisotopic (exact) mass is 362 g/mol. The zero-order chi connectivity index (χ0) is 15.4. The molecule has 0 radical (unpaired) electrons. The lowest BCUT2D eigenvalue weighted by molar-refractivity contribution is 0.721. The molecule has 110 valence electrons. The number of anilines is 1. The van der Waals surface area contributed by atoms with Crippen molar-refractivity contribution in [2.75, 3.05) is 5.32 Å². The molecule has 0 aromatic heterocycles. The first-order chi connectivity index (χ1) is 9.95. The summed E-state index contributed by atoms with van der Waals surface area (Å²) in [5, 5.41) is 7.14. The van der Waals surface area contributed by atoms with Crippen LogP contribution >= 0.6 is 28.1 Å². The first-order valence-electron chi connectivity index (χ1n) is 6.86. The third-order valence-corrected chi connectivity index (χ3v) is 4.23. The van der Waals surface area contributed by atoms with Gasteiger partial charge in [-0.3, -0.25) is 0 Å². The molecule has 0 fully saturated rings. The van der Waals surface area contributed by atoms with Gasteiger partial charge in [0.25, 0.3) is 0 Å². The number of benzene rings is 2. The van der Waals surface area contributed by atoms with Gasteiger partial charge in [0.1, 0.15) is 0 Å². The minimum Gasteiger partial charge on any atom is -0.356 e. The molecular weight excluding hydrogens is 344 g/mol. The number of aryl methyl sites for hydroxylation is 2. The molecule has 2 aromatic carbocycles. The summed E-state index contributed by atoms with van der Waals surface area (Å²) in [6.45, 7) is 6.36. The SMILES string of the molecule is Cc1ccc([C@@H](C)NC(=S)Nc2ccc(Br)cc2)cc1C. The smallest absolute Gasteiger partial charge is 0.171 e. The minimum absolute atomic E-state index is 0.166. The van der Waals surface area contributed by atoms with Gasteiger partial charge in [-0.25, -0.2) is 0 Å². The first-order valence-corrected chi connectivity index (χ1v) is 8.06. The van der Waals surface area contributed by atoms with Crippen molar-refractivity contribution in [3.8, 4) is 0 Å². The van der Waals surface area contributed by atoms with Gasteiger partial charge >= 0.3 is 0 Å². The van der Waals surface area contributed by atoms with Crippen molar-refractivity contribution in [3.63, 3.8) is 0 Å². The summed E-state index contributed by atoms with van der Waals surface area (Å²) in [7, 11) is 0. The van der Waals surface area contributed by atoms with Gasteiger partial charge in [0, 0.05) is 10.2 Å². The molecular formula is C17H19BrN2S. The van der Waals surface area contributed by atoms with Crippen molar-refractivity contribution in [3.05, 3.63) is 63.6 Å². The Morgan fingerprint density at radius 3 is 2.33 bits per heavy atom. The summed E-state index contributed by atoms with van der Waals surface area (Å²) in [4.78, 5) is 0. The van der Waals surface area contributed by atoms with Crippen LogP contribution in [0, 0.1) is 13.8 Å². The number of hydrogen-bond donors (Lipinski definition) is 2. The molecule has 0 saturated heterocycles. The molecule has 0 bridgehead atoms. The third-order valence-electron chi connectivity index (χ3n) is 3.48. The molecule has 0 unspecified atom stereocenters. The van der Waals surface area contributed by atoms with E-state index in [-0.39, 0.29) is 6.04 Å². The van der Waals surface area contributed by atoms with Gasteiger partial charge in [-0.15, -0.1) is 0 Å². The van der Waals surface area contributed by atoms with Crippen LogP contribution in [0.3, 0.4) is 0 Å². The van der Waals surface area contributed by atoms with Crippen LogP contribution in [-0.2, 0) is 0 Å². The molecule has 2 nitrogen and oxygen atoms in total. The molecule has 0 amide bonds. The number of nitrogens with one attached hydrogen (secondary N) is 2. The first kappa shape index (κ1) is 16.0. The van der Waals surface area contributed by atoms with Gasteiger partial charge in [-0.2, -0.15) is 0 Å². The summed E-state index contributed by atoms with van der Waals surface area (Å²) >= 11 is 8.79. The molecule has 0 heterocycles. The Morgan fingerprint density at radius 2 is 1.71 bits per heavy atom. The van der Waals surface area contributed by atoms with Gasteiger partial charge < -0.3 is 10.6 Å². The lowest BCUT2D eigenvalue weighted by Crippen LogP contribution is -2.30. The van der Waals surface area contributed by atoms with E-state index in [4.69, 9.17) is 12.2 Å². The van der Waals surface area contributed by atoms with Crippen LogP contribution in [0.2, 0.25) is 0 Å². The molecule has 21 heavy (non-hydrogen) atoms. The van der Waals surface area contributed by atoms with Crippen molar-refractivity contribution in [2.24, 2.45) is 0 Å². The van der Waals surface area contributed by atoms with Crippen molar-refractivity contribution in [2.45, 2.75) is 26.8 Å². The quantitative estimate of drug-likeness (QED) is 0.741. The fraction of sp³-hybridized carbons (Fsp3) is 0.235. The van der Waals surface area contributed by atoms with E-state index in [0.717, 1.165) is 10.2 Å². The van der Waals surface area contributed by atoms with E-state index in [1.54, 1.807) is 0 Å². The van der Waals surface area contributed by atoms with Crippen LogP contribution < -0.4 is 10.6 Å². The molecule has 0 aliphatic rings. The van der Waals surface area contributed by atoms with Crippen LogP contribution in [0.15, 0.2) is 46.9 Å². The summed E-state index contributed by atoms with van der Waals surface area (Å²) < 4.78 is 1.05. The summed E-state index contributed by atoms with van der Waals surface area (Å²) in [5.74, 6) is 0. The maximum absolute atomic E-state index is 5.37. The van der Waals surface area contributed by atoms with Crippen molar-refractivity contribution in [1.29, 1.82) is 0 Å². The Balaban J connectivity index is 1.98. The van der Waals surface area contributed by atoms with Crippen LogP contribution in [0.4, 0.5) is 5.69 Å². The van der Waals surface area contributed by atoms with E-state index in [9.17, 15) is 0 Å². The summed E-state index contributed by atoms with van der Waals surface area (Å²) in [6.07, 6.45) is 0. The van der Waals surface area contributed by atoms with Crippen LogP contribution in [0.5, 0.6) is 0 Å². The van der Waals surface area contributed by atoms with Gasteiger partial charge in [0.05, 0.1) is 6.04 Å². The Kier molecular flexibility index (Phi) is 5.37. The highest BCUT2D eigenvalue weighted by molar-refractivity contribution is 9.10. The van der Waals surface area contributed by atoms with Gasteiger partial charge in [0.2, 0.25) is 0 Å². The third kappa shape index (κ3) is 4.55. The van der Waals surface area contributed by atoms with E-state index < -0.39 is 0 Å². The lowest BCUT2D eigenvalue weighted by Gasteiger charge is -2.18. The normalized spacial score (nSPS) is 11.8. The van der Waals surface area contributed by atoms with Gasteiger partial charge in [0.15, 0.2) is 5.11 Å². The fourth-order valence-electron chi connectivity index (χ4n) is 2.01. The average Bonchev–Trinajstić information content (AvgIpc) is 2.44. The Morgan fingerprint density at radius 1 is 1.05 bits per heavy atom. The van der Waals surface area contributed by atoms with E-state index in [2.05, 4.69) is 65.5 Å². The zero-order valence-corrected chi connectivity index (χ0v) is 14.8. The standard InChI is InChI=1S/C17H19BrN2S/c1-11-4-5-14(10-12(11)2)13(3)19-17(21)20-16-8-6-15(18)7-9-16/h4-10,13H,1-3H3,(H2,19,20,21)/t13-/m1/s1. The molecule has 2 N–H and O–H groups in total. The van der Waals surface area contributed by atoms with Gasteiger partial charge in [-0.1, -0.05) is 34.1 Å². The highest BCUT2D eigenvalue weighted by atomic mass is 79.9. The molecule has 0 aliphatic heterocycles. The minimum atomic E-state index is 0.166. The van der Waals surface area contributed by atoms with Crippen LogP contribution in [0.1, 0.15) is 29.7 Å². The van der Waals surface area contributed by atoms with Crippen molar-refractivity contribution >= 4 is 38.9 Å². The number of thiocarbonyl (C=S) groups is 1. The summed E-state index contributed by atoms with van der Waals surface area (Å²) in [5.41, 5.74) is 4.82. The molecule has 0 saturated carbocycles. The molecule has 1 atom stereocenters. The topological polar surface area (TPSA) is 24.1 Å². The predicted octanol–water partition coefficient (Wildman–Crippen LogP) is 5.11. The maximum Gasteiger partial charge on any atom is 0.171 e. The van der Waals surface area contributed by atoms with Crippen LogP contribution in [-0.4, -0.2) is 5.11 Å². The van der Waals surface area contributed by atoms with E-state index in [1.165, 1.54) is 16.7 Å². The summed E-state index contributed by atoms with van der Waals surface area (Å²) in [6, 6.07) is 14.6. The second-order valence-electron chi connectivity index (χ2n) is 5.17.